The number of pyridine rings is 1. The smallest absolute Gasteiger partial charge is 0.251 e. The topological polar surface area (TPSA) is 104 Å². The Balaban J connectivity index is 1.53. The number of ether oxygens (including phenoxy) is 1. The third-order valence-electron chi connectivity index (χ3n) is 5.14. The average Bonchev–Trinajstić information content (AvgIpc) is 3.50. The molecule has 1 fully saturated rings. The summed E-state index contributed by atoms with van der Waals surface area (Å²) in [5, 5.41) is 17.5. The van der Waals surface area contributed by atoms with Crippen LogP contribution in [0, 0.1) is 0 Å². The summed E-state index contributed by atoms with van der Waals surface area (Å²) in [4.78, 5) is 4.62. The number of aryl methyl sites for hydroxylation is 1. The molecule has 150 valence electrons. The van der Waals surface area contributed by atoms with Gasteiger partial charge in [0.1, 0.15) is 5.76 Å². The van der Waals surface area contributed by atoms with Crippen molar-refractivity contribution >= 4 is 16.7 Å². The molecule has 0 saturated carbocycles. The summed E-state index contributed by atoms with van der Waals surface area (Å²) in [5.41, 5.74) is 2.54. The Kier molecular flexibility index (Phi) is 4.73. The van der Waals surface area contributed by atoms with Crippen molar-refractivity contribution in [3.05, 3.63) is 42.4 Å². The van der Waals surface area contributed by atoms with Crippen LogP contribution >= 0.6 is 0 Å². The largest absolute Gasteiger partial charge is 0.469 e. The molecule has 0 spiro atoms. The summed E-state index contributed by atoms with van der Waals surface area (Å²) < 4.78 is 18.7. The van der Waals surface area contributed by atoms with Crippen molar-refractivity contribution in [3.8, 4) is 11.5 Å². The SMILES string of the molecule is CCn1ncc2c(NC3CCOCC3)c(-c3nnc(Cc4ccco4)o3)cnc21. The molecule has 0 bridgehead atoms. The van der Waals surface area contributed by atoms with Gasteiger partial charge in [-0.15, -0.1) is 10.2 Å². The summed E-state index contributed by atoms with van der Waals surface area (Å²) in [6, 6.07) is 4.03. The Bertz CT molecular complexity index is 1100. The molecule has 5 rings (SSSR count). The van der Waals surface area contributed by atoms with E-state index < -0.39 is 0 Å². The molecule has 0 radical (unpaired) electrons. The lowest BCUT2D eigenvalue weighted by Crippen LogP contribution is -2.28. The first-order valence-electron chi connectivity index (χ1n) is 9.85. The normalized spacial score (nSPS) is 15.2. The molecule has 1 aliphatic heterocycles. The highest BCUT2D eigenvalue weighted by molar-refractivity contribution is 5.96. The third-order valence-corrected chi connectivity index (χ3v) is 5.14. The molecule has 0 amide bonds. The zero-order chi connectivity index (χ0) is 19.6. The maximum atomic E-state index is 5.94. The number of hydrogen-bond donors (Lipinski definition) is 1. The molecule has 4 aromatic rings. The molecular weight excluding hydrogens is 372 g/mol. The van der Waals surface area contributed by atoms with E-state index in [0.717, 1.165) is 60.6 Å². The van der Waals surface area contributed by atoms with Crippen LogP contribution < -0.4 is 5.32 Å². The molecule has 9 heteroatoms. The molecule has 1 N–H and O–H groups in total. The number of anilines is 1. The standard InChI is InChI=1S/C20H22N6O3/c1-2-26-19-15(12-22-26)18(23-13-5-8-27-9-6-13)16(11-21-19)20-25-24-17(29-20)10-14-4-3-7-28-14/h3-4,7,11-13H,2,5-6,8-10H2,1H3,(H,21,23). The molecule has 0 aromatic carbocycles. The number of hydrogen-bond acceptors (Lipinski definition) is 8. The number of aromatic nitrogens is 5. The highest BCUT2D eigenvalue weighted by Gasteiger charge is 2.22. The van der Waals surface area contributed by atoms with Gasteiger partial charge >= 0.3 is 0 Å². The fourth-order valence-corrected chi connectivity index (χ4v) is 3.62. The summed E-state index contributed by atoms with van der Waals surface area (Å²) >= 11 is 0. The van der Waals surface area contributed by atoms with E-state index in [9.17, 15) is 0 Å². The first-order valence-corrected chi connectivity index (χ1v) is 9.85. The predicted molar refractivity (Wildman–Crippen MR) is 105 cm³/mol. The molecule has 4 aromatic heterocycles. The maximum Gasteiger partial charge on any atom is 0.251 e. The lowest BCUT2D eigenvalue weighted by molar-refractivity contribution is 0.0905. The van der Waals surface area contributed by atoms with Gasteiger partial charge in [0.05, 0.1) is 35.5 Å². The van der Waals surface area contributed by atoms with Crippen molar-refractivity contribution in [1.82, 2.24) is 25.0 Å². The van der Waals surface area contributed by atoms with Crippen LogP contribution in [0.15, 0.2) is 39.6 Å². The van der Waals surface area contributed by atoms with Crippen molar-refractivity contribution in [1.29, 1.82) is 0 Å². The summed E-state index contributed by atoms with van der Waals surface area (Å²) in [7, 11) is 0. The van der Waals surface area contributed by atoms with E-state index >= 15 is 0 Å². The van der Waals surface area contributed by atoms with Crippen molar-refractivity contribution in [2.75, 3.05) is 18.5 Å². The van der Waals surface area contributed by atoms with Crippen LogP contribution in [0.1, 0.15) is 31.4 Å². The average molecular weight is 394 g/mol. The number of rotatable bonds is 6. The van der Waals surface area contributed by atoms with Gasteiger partial charge < -0.3 is 18.9 Å². The van der Waals surface area contributed by atoms with Gasteiger partial charge in [0.15, 0.2) is 5.65 Å². The lowest BCUT2D eigenvalue weighted by atomic mass is 10.1. The second kappa shape index (κ2) is 7.67. The van der Waals surface area contributed by atoms with E-state index in [2.05, 4.69) is 25.6 Å². The van der Waals surface area contributed by atoms with Crippen LogP contribution in [0.2, 0.25) is 0 Å². The summed E-state index contributed by atoms with van der Waals surface area (Å²) in [6.07, 6.45) is 7.59. The highest BCUT2D eigenvalue weighted by Crippen LogP contribution is 2.34. The molecule has 0 unspecified atom stereocenters. The van der Waals surface area contributed by atoms with E-state index in [-0.39, 0.29) is 0 Å². The second-order valence-corrected chi connectivity index (χ2v) is 7.03. The molecule has 0 aliphatic carbocycles. The van der Waals surface area contributed by atoms with Crippen LogP contribution in [-0.2, 0) is 17.7 Å². The van der Waals surface area contributed by atoms with E-state index in [1.54, 1.807) is 12.5 Å². The highest BCUT2D eigenvalue weighted by atomic mass is 16.5. The number of fused-ring (bicyclic) bond motifs is 1. The van der Waals surface area contributed by atoms with Gasteiger partial charge in [-0.1, -0.05) is 0 Å². The van der Waals surface area contributed by atoms with Gasteiger partial charge in [0.25, 0.3) is 5.89 Å². The first kappa shape index (κ1) is 17.9. The van der Waals surface area contributed by atoms with Crippen LogP contribution in [0.25, 0.3) is 22.5 Å². The monoisotopic (exact) mass is 394 g/mol. The van der Waals surface area contributed by atoms with E-state index in [1.165, 1.54) is 0 Å². The first-order chi connectivity index (χ1) is 14.3. The molecule has 1 aliphatic rings. The second-order valence-electron chi connectivity index (χ2n) is 7.03. The van der Waals surface area contributed by atoms with Gasteiger partial charge in [0, 0.05) is 32.0 Å². The Morgan fingerprint density at radius 1 is 1.21 bits per heavy atom. The Morgan fingerprint density at radius 3 is 2.90 bits per heavy atom. The quantitative estimate of drug-likeness (QED) is 0.531. The van der Waals surface area contributed by atoms with Gasteiger partial charge in [-0.05, 0) is 31.9 Å². The van der Waals surface area contributed by atoms with Crippen molar-refractivity contribution in [2.24, 2.45) is 0 Å². The number of furan rings is 1. The maximum absolute atomic E-state index is 5.94. The van der Waals surface area contributed by atoms with Crippen LogP contribution in [-0.4, -0.2) is 44.2 Å². The van der Waals surface area contributed by atoms with Gasteiger partial charge in [0.2, 0.25) is 5.89 Å². The van der Waals surface area contributed by atoms with Gasteiger partial charge in [-0.3, -0.25) is 0 Å². The zero-order valence-corrected chi connectivity index (χ0v) is 16.2. The van der Waals surface area contributed by atoms with Crippen LogP contribution in [0.5, 0.6) is 0 Å². The molecule has 5 heterocycles. The molecular formula is C20H22N6O3. The minimum atomic E-state index is 0.309. The van der Waals surface area contributed by atoms with E-state index in [1.807, 2.05) is 29.9 Å². The Labute approximate surface area is 167 Å². The van der Waals surface area contributed by atoms with E-state index in [0.29, 0.717) is 24.2 Å². The fraction of sp³-hybridized carbons (Fsp3) is 0.400. The minimum Gasteiger partial charge on any atom is -0.469 e. The van der Waals surface area contributed by atoms with Crippen LogP contribution in [0.3, 0.4) is 0 Å². The zero-order valence-electron chi connectivity index (χ0n) is 16.2. The molecule has 9 nitrogen and oxygen atoms in total. The molecule has 29 heavy (non-hydrogen) atoms. The molecule has 0 atom stereocenters. The third kappa shape index (κ3) is 3.49. The van der Waals surface area contributed by atoms with Crippen molar-refractivity contribution < 1.29 is 13.6 Å². The lowest BCUT2D eigenvalue weighted by Gasteiger charge is -2.25. The van der Waals surface area contributed by atoms with Crippen LogP contribution in [0.4, 0.5) is 5.69 Å². The van der Waals surface area contributed by atoms with Gasteiger partial charge in [-0.2, -0.15) is 5.10 Å². The summed E-state index contributed by atoms with van der Waals surface area (Å²) in [5.74, 6) is 1.70. The summed E-state index contributed by atoms with van der Waals surface area (Å²) in [6.45, 7) is 4.31. The Hall–Kier alpha value is -3.20. The minimum absolute atomic E-state index is 0.309. The fourth-order valence-electron chi connectivity index (χ4n) is 3.62. The van der Waals surface area contributed by atoms with Gasteiger partial charge in [-0.25, -0.2) is 9.67 Å². The number of nitrogens with zero attached hydrogens (tertiary/aromatic N) is 5. The Morgan fingerprint density at radius 2 is 2.10 bits per heavy atom. The van der Waals surface area contributed by atoms with Crippen molar-refractivity contribution in [2.45, 2.75) is 38.8 Å². The molecule has 1 saturated heterocycles. The van der Waals surface area contributed by atoms with E-state index in [4.69, 9.17) is 13.6 Å². The number of nitrogens with one attached hydrogen (secondary N) is 1. The van der Waals surface area contributed by atoms with Crippen molar-refractivity contribution in [3.63, 3.8) is 0 Å². The predicted octanol–water partition coefficient (Wildman–Crippen LogP) is 3.28.